The summed E-state index contributed by atoms with van der Waals surface area (Å²) in [6, 6.07) is 13.7. The van der Waals surface area contributed by atoms with Gasteiger partial charge in [-0.1, -0.05) is 28.4 Å². The number of halogens is 2. The van der Waals surface area contributed by atoms with Gasteiger partial charge >= 0.3 is 0 Å². The van der Waals surface area contributed by atoms with E-state index in [1.165, 1.54) is 0 Å². The Kier molecular flexibility index (Phi) is 5.26. The Balaban J connectivity index is 1.75. The van der Waals surface area contributed by atoms with Gasteiger partial charge in [-0.3, -0.25) is 4.79 Å². The molecule has 7 heteroatoms. The number of ether oxygens (including phenoxy) is 1. The van der Waals surface area contributed by atoms with Crippen molar-refractivity contribution < 1.29 is 14.1 Å². The van der Waals surface area contributed by atoms with Crippen LogP contribution in [0.3, 0.4) is 0 Å². The van der Waals surface area contributed by atoms with E-state index in [4.69, 9.17) is 32.5 Å². The van der Waals surface area contributed by atoms with Gasteiger partial charge in [0.1, 0.15) is 5.75 Å². The van der Waals surface area contributed by atoms with Crippen molar-refractivity contribution in [3.8, 4) is 17.1 Å². The Morgan fingerprint density at radius 2 is 1.92 bits per heavy atom. The molecule has 1 amide bonds. The number of carbonyl (C=O) groups excluding carboxylic acids is 1. The van der Waals surface area contributed by atoms with Gasteiger partial charge in [0, 0.05) is 16.7 Å². The average Bonchev–Trinajstić information content (AvgIpc) is 3.08. The summed E-state index contributed by atoms with van der Waals surface area (Å²) in [6.07, 6.45) is 0. The van der Waals surface area contributed by atoms with Gasteiger partial charge in [0.2, 0.25) is 0 Å². The van der Waals surface area contributed by atoms with Gasteiger partial charge < -0.3 is 14.6 Å². The van der Waals surface area contributed by atoms with Gasteiger partial charge in [0.25, 0.3) is 5.91 Å². The lowest BCUT2D eigenvalue weighted by molar-refractivity contribution is 0.101. The van der Waals surface area contributed by atoms with Crippen molar-refractivity contribution in [1.82, 2.24) is 5.16 Å². The predicted octanol–water partition coefficient (Wildman–Crippen LogP) is 5.30. The molecule has 0 spiro atoms. The molecule has 1 heterocycles. The van der Waals surface area contributed by atoms with Gasteiger partial charge in [-0.05, 0) is 49.4 Å². The summed E-state index contributed by atoms with van der Waals surface area (Å²) in [7, 11) is 0. The molecule has 0 fully saturated rings. The van der Waals surface area contributed by atoms with Crippen molar-refractivity contribution in [2.24, 2.45) is 0 Å². The largest absolute Gasteiger partial charge is 0.494 e. The van der Waals surface area contributed by atoms with Crippen molar-refractivity contribution >= 4 is 34.8 Å². The summed E-state index contributed by atoms with van der Waals surface area (Å²) in [6.45, 7) is 2.52. The molecule has 0 atom stereocenters. The number of amides is 1. The number of nitrogens with zero attached hydrogens (tertiary/aromatic N) is 1. The van der Waals surface area contributed by atoms with Gasteiger partial charge in [-0.25, -0.2) is 0 Å². The molecule has 1 aromatic heterocycles. The van der Waals surface area contributed by atoms with E-state index in [1.807, 2.05) is 31.2 Å². The molecule has 0 aliphatic rings. The minimum absolute atomic E-state index is 0.148. The maximum Gasteiger partial charge on any atom is 0.277 e. The number of hydrogen-bond donors (Lipinski definition) is 1. The fourth-order valence-corrected chi connectivity index (χ4v) is 2.63. The second-order valence-corrected chi connectivity index (χ2v) is 5.96. The van der Waals surface area contributed by atoms with E-state index in [2.05, 4.69) is 10.5 Å². The zero-order valence-corrected chi connectivity index (χ0v) is 14.8. The number of anilines is 1. The molecule has 1 N–H and O–H groups in total. The van der Waals surface area contributed by atoms with Crippen LogP contribution >= 0.6 is 23.2 Å². The van der Waals surface area contributed by atoms with Crippen LogP contribution in [0.4, 0.5) is 5.69 Å². The molecule has 0 aliphatic heterocycles. The first kappa shape index (κ1) is 17.3. The molecule has 128 valence electrons. The number of nitrogens with one attached hydrogen (secondary N) is 1. The lowest BCUT2D eigenvalue weighted by atomic mass is 10.1. The standard InChI is InChI=1S/C18H14Cl2N2O3/c1-2-24-13-6-3-11(4-7-13)17-10-16(22-25-17)18(23)21-15-8-5-12(19)9-14(15)20/h3-10H,2H2,1H3,(H,21,23). The highest BCUT2D eigenvalue weighted by molar-refractivity contribution is 6.36. The van der Waals surface area contributed by atoms with Crippen LogP contribution < -0.4 is 10.1 Å². The first-order valence-corrected chi connectivity index (χ1v) is 8.28. The fraction of sp³-hybridized carbons (Fsp3) is 0.111. The molecule has 25 heavy (non-hydrogen) atoms. The highest BCUT2D eigenvalue weighted by atomic mass is 35.5. The molecule has 0 aliphatic carbocycles. The van der Waals surface area contributed by atoms with Crippen LogP contribution in [0.5, 0.6) is 5.75 Å². The summed E-state index contributed by atoms with van der Waals surface area (Å²) in [5.41, 5.74) is 1.39. The molecule has 0 unspecified atom stereocenters. The Labute approximate surface area is 154 Å². The molecular formula is C18H14Cl2N2O3. The van der Waals surface area contributed by atoms with Crippen LogP contribution in [0.15, 0.2) is 53.1 Å². The Bertz CT molecular complexity index is 892. The topological polar surface area (TPSA) is 64.4 Å². The van der Waals surface area contributed by atoms with Crippen molar-refractivity contribution in [2.75, 3.05) is 11.9 Å². The fourth-order valence-electron chi connectivity index (χ4n) is 2.18. The van der Waals surface area contributed by atoms with Gasteiger partial charge in [-0.15, -0.1) is 0 Å². The van der Waals surface area contributed by atoms with Crippen molar-refractivity contribution in [3.63, 3.8) is 0 Å². The minimum atomic E-state index is -0.426. The highest BCUT2D eigenvalue weighted by Crippen LogP contribution is 2.27. The van der Waals surface area contributed by atoms with Crippen LogP contribution in [0.2, 0.25) is 10.0 Å². The molecule has 5 nitrogen and oxygen atoms in total. The first-order chi connectivity index (χ1) is 12.1. The third-order valence-electron chi connectivity index (χ3n) is 3.37. The van der Waals surface area contributed by atoms with Crippen LogP contribution in [0, 0.1) is 0 Å². The maximum atomic E-state index is 12.3. The van der Waals surface area contributed by atoms with E-state index in [0.717, 1.165) is 11.3 Å². The summed E-state index contributed by atoms with van der Waals surface area (Å²) in [5, 5.41) is 7.31. The van der Waals surface area contributed by atoms with Gasteiger partial charge in [0.05, 0.1) is 17.3 Å². The number of carbonyl (C=O) groups is 1. The zero-order valence-electron chi connectivity index (χ0n) is 13.3. The predicted molar refractivity (Wildman–Crippen MR) is 97.5 cm³/mol. The number of hydrogen-bond acceptors (Lipinski definition) is 4. The van der Waals surface area contributed by atoms with Crippen LogP contribution in [-0.4, -0.2) is 17.7 Å². The summed E-state index contributed by atoms with van der Waals surface area (Å²) < 4.78 is 10.6. The molecule has 3 rings (SSSR count). The van der Waals surface area contributed by atoms with E-state index in [0.29, 0.717) is 28.1 Å². The van der Waals surface area contributed by atoms with E-state index in [1.54, 1.807) is 24.3 Å². The van der Waals surface area contributed by atoms with E-state index in [9.17, 15) is 4.79 Å². The van der Waals surface area contributed by atoms with Crippen LogP contribution in [0.25, 0.3) is 11.3 Å². The highest BCUT2D eigenvalue weighted by Gasteiger charge is 2.15. The van der Waals surface area contributed by atoms with Crippen LogP contribution in [-0.2, 0) is 0 Å². The SMILES string of the molecule is CCOc1ccc(-c2cc(C(=O)Nc3ccc(Cl)cc3Cl)no2)cc1. The second kappa shape index (κ2) is 7.59. The van der Waals surface area contributed by atoms with E-state index >= 15 is 0 Å². The molecule has 0 saturated carbocycles. The molecule has 0 radical (unpaired) electrons. The number of benzene rings is 2. The average molecular weight is 377 g/mol. The Morgan fingerprint density at radius 3 is 2.60 bits per heavy atom. The quantitative estimate of drug-likeness (QED) is 0.655. The lowest BCUT2D eigenvalue weighted by Gasteiger charge is -2.05. The van der Waals surface area contributed by atoms with Gasteiger partial charge in [-0.2, -0.15) is 0 Å². The number of rotatable bonds is 5. The lowest BCUT2D eigenvalue weighted by Crippen LogP contribution is -2.12. The first-order valence-electron chi connectivity index (χ1n) is 7.53. The third-order valence-corrected chi connectivity index (χ3v) is 3.92. The summed E-state index contributed by atoms with van der Waals surface area (Å²) in [5.74, 6) is 0.821. The maximum absolute atomic E-state index is 12.3. The van der Waals surface area contributed by atoms with Crippen molar-refractivity contribution in [2.45, 2.75) is 6.92 Å². The van der Waals surface area contributed by atoms with Gasteiger partial charge in [0.15, 0.2) is 11.5 Å². The Hall–Kier alpha value is -2.50. The molecule has 2 aromatic carbocycles. The summed E-state index contributed by atoms with van der Waals surface area (Å²) in [4.78, 5) is 12.3. The molecule has 3 aromatic rings. The van der Waals surface area contributed by atoms with E-state index in [-0.39, 0.29) is 5.69 Å². The molecular weight excluding hydrogens is 363 g/mol. The monoisotopic (exact) mass is 376 g/mol. The molecule has 0 saturated heterocycles. The summed E-state index contributed by atoms with van der Waals surface area (Å²) >= 11 is 11.9. The minimum Gasteiger partial charge on any atom is -0.494 e. The van der Waals surface area contributed by atoms with Crippen molar-refractivity contribution in [3.05, 3.63) is 64.3 Å². The zero-order chi connectivity index (χ0) is 17.8. The third kappa shape index (κ3) is 4.13. The van der Waals surface area contributed by atoms with Crippen LogP contribution in [0.1, 0.15) is 17.4 Å². The Morgan fingerprint density at radius 1 is 1.16 bits per heavy atom. The number of aromatic nitrogens is 1. The normalized spacial score (nSPS) is 10.5. The smallest absolute Gasteiger partial charge is 0.277 e. The molecule has 0 bridgehead atoms. The van der Waals surface area contributed by atoms with E-state index < -0.39 is 5.91 Å². The second-order valence-electron chi connectivity index (χ2n) is 5.11. The van der Waals surface area contributed by atoms with Crippen molar-refractivity contribution in [1.29, 1.82) is 0 Å².